The topological polar surface area (TPSA) is 60.0 Å². The summed E-state index contributed by atoms with van der Waals surface area (Å²) in [6.45, 7) is 2.83. The van der Waals surface area contributed by atoms with Gasteiger partial charge >= 0.3 is 0 Å². The number of allylic oxidation sites excluding steroid dienone is 2. The van der Waals surface area contributed by atoms with E-state index in [1.807, 2.05) is 24.4 Å². The summed E-state index contributed by atoms with van der Waals surface area (Å²) < 4.78 is 5.33. The average molecular weight is 259 g/mol. The van der Waals surface area contributed by atoms with Crippen molar-refractivity contribution in [2.24, 2.45) is 15.7 Å². The maximum Gasteiger partial charge on any atom is 0.121 e. The molecule has 19 heavy (non-hydrogen) atoms. The third-order valence-electron chi connectivity index (χ3n) is 3.24. The molecule has 2 rings (SSSR count). The van der Waals surface area contributed by atoms with Crippen LogP contribution in [-0.4, -0.2) is 37.7 Å². The SMILES string of the molecule is COC1=CC(=NC(C)CCCN)C2N=CC=CC2=C1. The molecule has 0 aromatic heterocycles. The van der Waals surface area contributed by atoms with Crippen molar-refractivity contribution in [1.29, 1.82) is 0 Å². The van der Waals surface area contributed by atoms with Gasteiger partial charge in [-0.1, -0.05) is 6.08 Å². The summed E-state index contributed by atoms with van der Waals surface area (Å²) in [5.41, 5.74) is 7.64. The summed E-state index contributed by atoms with van der Waals surface area (Å²) in [7, 11) is 1.68. The molecule has 0 saturated heterocycles. The molecule has 0 fully saturated rings. The van der Waals surface area contributed by atoms with Crippen molar-refractivity contribution >= 4 is 11.9 Å². The first kappa shape index (κ1) is 13.7. The molecule has 1 aliphatic carbocycles. The fraction of sp³-hybridized carbons (Fsp3) is 0.467. The normalized spacial score (nSPS) is 24.8. The Labute approximate surface area is 114 Å². The molecule has 0 amide bonds. The molecule has 4 nitrogen and oxygen atoms in total. The van der Waals surface area contributed by atoms with Gasteiger partial charge in [-0.15, -0.1) is 0 Å². The second-order valence-corrected chi connectivity index (χ2v) is 4.79. The lowest BCUT2D eigenvalue weighted by molar-refractivity contribution is 0.306. The Bertz CT molecular complexity index is 472. The molecule has 1 aliphatic heterocycles. The molecule has 2 aliphatic rings. The molecule has 0 saturated carbocycles. The quantitative estimate of drug-likeness (QED) is 0.821. The molecule has 0 bridgehead atoms. The maximum atomic E-state index is 5.54. The van der Waals surface area contributed by atoms with Crippen LogP contribution in [0.5, 0.6) is 0 Å². The molecule has 1 heterocycles. The van der Waals surface area contributed by atoms with Crippen molar-refractivity contribution in [2.75, 3.05) is 13.7 Å². The Morgan fingerprint density at radius 2 is 2.32 bits per heavy atom. The predicted octanol–water partition coefficient (Wildman–Crippen LogP) is 2.03. The maximum absolute atomic E-state index is 5.54. The number of ether oxygens (including phenoxy) is 1. The van der Waals surface area contributed by atoms with E-state index in [0.29, 0.717) is 6.54 Å². The van der Waals surface area contributed by atoms with Crippen molar-refractivity contribution in [3.05, 3.63) is 35.6 Å². The zero-order valence-electron chi connectivity index (χ0n) is 11.5. The van der Waals surface area contributed by atoms with Crippen molar-refractivity contribution in [1.82, 2.24) is 0 Å². The van der Waals surface area contributed by atoms with E-state index in [1.54, 1.807) is 7.11 Å². The lowest BCUT2D eigenvalue weighted by Crippen LogP contribution is -2.26. The lowest BCUT2D eigenvalue weighted by Gasteiger charge is -2.23. The molecular formula is C15H21N3O. The first-order valence-corrected chi connectivity index (χ1v) is 6.69. The smallest absolute Gasteiger partial charge is 0.121 e. The molecule has 0 radical (unpaired) electrons. The van der Waals surface area contributed by atoms with E-state index in [-0.39, 0.29) is 12.1 Å². The second kappa shape index (κ2) is 6.48. The van der Waals surface area contributed by atoms with Crippen LogP contribution in [0.25, 0.3) is 0 Å². The monoisotopic (exact) mass is 259 g/mol. The Hall–Kier alpha value is -1.68. The summed E-state index contributed by atoms with van der Waals surface area (Å²) in [6, 6.07) is 0.276. The van der Waals surface area contributed by atoms with Crippen LogP contribution in [0.1, 0.15) is 19.8 Å². The molecule has 2 unspecified atom stereocenters. The van der Waals surface area contributed by atoms with Crippen LogP contribution < -0.4 is 5.73 Å². The van der Waals surface area contributed by atoms with Crippen LogP contribution in [0.4, 0.5) is 0 Å². The van der Waals surface area contributed by atoms with Gasteiger partial charge in [0.05, 0.1) is 12.8 Å². The molecular weight excluding hydrogens is 238 g/mol. The van der Waals surface area contributed by atoms with Gasteiger partial charge in [0.1, 0.15) is 11.8 Å². The zero-order chi connectivity index (χ0) is 13.7. The Morgan fingerprint density at radius 3 is 3.05 bits per heavy atom. The van der Waals surface area contributed by atoms with Gasteiger partial charge in [0, 0.05) is 18.3 Å². The van der Waals surface area contributed by atoms with E-state index < -0.39 is 0 Å². The van der Waals surface area contributed by atoms with Gasteiger partial charge in [-0.05, 0) is 44.0 Å². The number of fused-ring (bicyclic) bond motifs is 1. The minimum atomic E-state index is 0.0178. The van der Waals surface area contributed by atoms with Gasteiger partial charge < -0.3 is 10.5 Å². The zero-order valence-corrected chi connectivity index (χ0v) is 11.5. The van der Waals surface area contributed by atoms with Crippen molar-refractivity contribution < 1.29 is 4.74 Å². The third kappa shape index (κ3) is 3.41. The van der Waals surface area contributed by atoms with Crippen LogP contribution in [0.15, 0.2) is 45.6 Å². The van der Waals surface area contributed by atoms with E-state index in [4.69, 9.17) is 15.5 Å². The van der Waals surface area contributed by atoms with Crippen molar-refractivity contribution in [3.8, 4) is 0 Å². The minimum absolute atomic E-state index is 0.0178. The second-order valence-electron chi connectivity index (χ2n) is 4.79. The molecule has 102 valence electrons. The number of nitrogens with two attached hydrogens (primary N) is 1. The van der Waals surface area contributed by atoms with Crippen LogP contribution in [0, 0.1) is 0 Å². The predicted molar refractivity (Wildman–Crippen MR) is 79.8 cm³/mol. The summed E-state index contributed by atoms with van der Waals surface area (Å²) in [6.07, 6.45) is 11.8. The Kier molecular flexibility index (Phi) is 4.68. The number of nitrogens with zero attached hydrogens (tertiary/aromatic N) is 2. The first-order valence-electron chi connectivity index (χ1n) is 6.69. The average Bonchev–Trinajstić information content (AvgIpc) is 2.44. The lowest BCUT2D eigenvalue weighted by atomic mass is 9.94. The van der Waals surface area contributed by atoms with Crippen molar-refractivity contribution in [3.63, 3.8) is 0 Å². The number of dihydropyridines is 1. The fourth-order valence-corrected chi connectivity index (χ4v) is 2.23. The standard InChI is InChI=1S/C15H21N3O/c1-11(5-3-7-16)18-14-10-13(19-2)9-12-6-4-8-17-15(12)14/h4,6,8-11,15H,3,5,7,16H2,1-2H3. The van der Waals surface area contributed by atoms with Crippen LogP contribution >= 0.6 is 0 Å². The number of hydrogen-bond acceptors (Lipinski definition) is 4. The molecule has 2 atom stereocenters. The molecule has 0 aromatic rings. The number of rotatable bonds is 5. The summed E-state index contributed by atoms with van der Waals surface area (Å²) in [4.78, 5) is 9.27. The molecule has 2 N–H and O–H groups in total. The van der Waals surface area contributed by atoms with Gasteiger partial charge in [0.25, 0.3) is 0 Å². The van der Waals surface area contributed by atoms with Gasteiger partial charge in [-0.2, -0.15) is 0 Å². The largest absolute Gasteiger partial charge is 0.497 e. The highest BCUT2D eigenvalue weighted by molar-refractivity contribution is 6.05. The number of hydrogen-bond donors (Lipinski definition) is 1. The van der Waals surface area contributed by atoms with E-state index in [0.717, 1.165) is 29.9 Å². The van der Waals surface area contributed by atoms with Crippen molar-refractivity contribution in [2.45, 2.75) is 31.8 Å². The van der Waals surface area contributed by atoms with Gasteiger partial charge in [-0.25, -0.2) is 0 Å². The highest BCUT2D eigenvalue weighted by Gasteiger charge is 2.23. The number of aliphatic imine (C=N–C) groups is 2. The third-order valence-corrected chi connectivity index (χ3v) is 3.24. The Morgan fingerprint density at radius 1 is 1.47 bits per heavy atom. The first-order chi connectivity index (χ1) is 9.24. The van der Waals surface area contributed by atoms with Gasteiger partial charge in [0.2, 0.25) is 0 Å². The molecule has 0 spiro atoms. The van der Waals surface area contributed by atoms with Crippen LogP contribution in [-0.2, 0) is 4.74 Å². The summed E-state index contributed by atoms with van der Waals surface area (Å²) in [5, 5.41) is 0. The van der Waals surface area contributed by atoms with E-state index in [2.05, 4.69) is 18.0 Å². The number of methoxy groups -OCH3 is 1. The van der Waals surface area contributed by atoms with Crippen LogP contribution in [0.2, 0.25) is 0 Å². The van der Waals surface area contributed by atoms with E-state index >= 15 is 0 Å². The summed E-state index contributed by atoms with van der Waals surface area (Å²) >= 11 is 0. The molecule has 4 heteroatoms. The van der Waals surface area contributed by atoms with Gasteiger partial charge in [0.15, 0.2) is 0 Å². The Balaban J connectivity index is 2.21. The highest BCUT2D eigenvalue weighted by Crippen LogP contribution is 2.23. The van der Waals surface area contributed by atoms with Gasteiger partial charge in [-0.3, -0.25) is 9.98 Å². The minimum Gasteiger partial charge on any atom is -0.497 e. The molecule has 0 aromatic carbocycles. The fourth-order valence-electron chi connectivity index (χ4n) is 2.23. The summed E-state index contributed by atoms with van der Waals surface area (Å²) in [5.74, 6) is 0.831. The highest BCUT2D eigenvalue weighted by atomic mass is 16.5. The van der Waals surface area contributed by atoms with Crippen LogP contribution in [0.3, 0.4) is 0 Å². The van der Waals surface area contributed by atoms with E-state index in [9.17, 15) is 0 Å². The van der Waals surface area contributed by atoms with E-state index in [1.165, 1.54) is 0 Å².